The van der Waals surface area contributed by atoms with Crippen LogP contribution in [0.3, 0.4) is 0 Å². The van der Waals surface area contributed by atoms with Gasteiger partial charge in [0.1, 0.15) is 6.04 Å². The van der Waals surface area contributed by atoms with Crippen molar-refractivity contribution >= 4 is 29.6 Å². The standard InChI is InChI=1S/C24H26N4O3/c29-22(18-21-23(30)28(24(31)25-21)20-11-5-2-6-12-20)27-16-14-26(15-17-27)13-7-10-19-8-3-1-4-9-19/h1-12,21H,13-18H2,(H,25,31)/t21-/m0/s1. The number of carbonyl (C=O) groups excluding carboxylic acids is 3. The molecule has 2 heterocycles. The Morgan fingerprint density at radius 2 is 1.58 bits per heavy atom. The molecule has 31 heavy (non-hydrogen) atoms. The average molecular weight is 418 g/mol. The van der Waals surface area contributed by atoms with E-state index in [0.717, 1.165) is 24.5 Å². The fourth-order valence-electron chi connectivity index (χ4n) is 3.88. The second-order valence-electron chi connectivity index (χ2n) is 7.71. The van der Waals surface area contributed by atoms with E-state index >= 15 is 0 Å². The molecule has 0 spiro atoms. The van der Waals surface area contributed by atoms with Crippen LogP contribution in [0.2, 0.25) is 0 Å². The lowest BCUT2D eigenvalue weighted by molar-refractivity contribution is -0.135. The van der Waals surface area contributed by atoms with Crippen molar-refractivity contribution in [2.75, 3.05) is 37.6 Å². The molecule has 2 aliphatic heterocycles. The summed E-state index contributed by atoms with van der Waals surface area (Å²) in [5, 5.41) is 2.64. The molecule has 0 aromatic heterocycles. The van der Waals surface area contributed by atoms with Gasteiger partial charge >= 0.3 is 6.03 Å². The first-order valence-corrected chi connectivity index (χ1v) is 10.5. The molecule has 7 nitrogen and oxygen atoms in total. The third-order valence-electron chi connectivity index (χ3n) is 5.61. The molecule has 2 aromatic rings. The van der Waals surface area contributed by atoms with Crippen molar-refractivity contribution in [3.8, 4) is 0 Å². The molecule has 1 atom stereocenters. The predicted octanol–water partition coefficient (Wildman–Crippen LogP) is 2.36. The summed E-state index contributed by atoms with van der Waals surface area (Å²) in [7, 11) is 0. The number of urea groups is 1. The van der Waals surface area contributed by atoms with Crippen LogP contribution in [0.15, 0.2) is 66.7 Å². The van der Waals surface area contributed by atoms with Crippen molar-refractivity contribution in [2.24, 2.45) is 0 Å². The minimum Gasteiger partial charge on any atom is -0.340 e. The summed E-state index contributed by atoms with van der Waals surface area (Å²) in [6.45, 7) is 3.64. The molecule has 0 radical (unpaired) electrons. The Labute approximate surface area is 181 Å². The summed E-state index contributed by atoms with van der Waals surface area (Å²) in [5.41, 5.74) is 1.68. The number of benzene rings is 2. The molecule has 160 valence electrons. The van der Waals surface area contributed by atoms with E-state index in [1.807, 2.05) is 24.3 Å². The van der Waals surface area contributed by atoms with E-state index in [4.69, 9.17) is 0 Å². The molecule has 4 amide bonds. The first-order valence-electron chi connectivity index (χ1n) is 10.5. The van der Waals surface area contributed by atoms with Gasteiger partial charge in [-0.25, -0.2) is 9.69 Å². The van der Waals surface area contributed by atoms with Crippen molar-refractivity contribution in [1.29, 1.82) is 0 Å². The molecule has 4 rings (SSSR count). The third kappa shape index (κ3) is 5.00. The first-order chi connectivity index (χ1) is 15.1. The topological polar surface area (TPSA) is 73.0 Å². The van der Waals surface area contributed by atoms with Crippen molar-refractivity contribution in [3.63, 3.8) is 0 Å². The summed E-state index contributed by atoms with van der Waals surface area (Å²) in [6.07, 6.45) is 4.23. The van der Waals surface area contributed by atoms with Gasteiger partial charge in [-0.3, -0.25) is 14.5 Å². The van der Waals surface area contributed by atoms with Gasteiger partial charge in [0, 0.05) is 32.7 Å². The van der Waals surface area contributed by atoms with Gasteiger partial charge in [0.15, 0.2) is 0 Å². The Balaban J connectivity index is 1.25. The SMILES string of the molecule is O=C(C[C@@H]1NC(=O)N(c2ccccc2)C1=O)N1CCN(CC=Cc2ccccc2)CC1. The maximum Gasteiger partial charge on any atom is 0.329 e. The molecular formula is C24H26N4O3. The zero-order valence-corrected chi connectivity index (χ0v) is 17.3. The minimum atomic E-state index is -0.813. The molecular weight excluding hydrogens is 392 g/mol. The summed E-state index contributed by atoms with van der Waals surface area (Å²) in [5.74, 6) is -0.484. The van der Waals surface area contributed by atoms with Crippen LogP contribution in [-0.4, -0.2) is 66.4 Å². The zero-order valence-electron chi connectivity index (χ0n) is 17.3. The lowest BCUT2D eigenvalue weighted by atomic mass is 10.1. The van der Waals surface area contributed by atoms with Crippen molar-refractivity contribution in [3.05, 3.63) is 72.3 Å². The van der Waals surface area contributed by atoms with Gasteiger partial charge in [-0.2, -0.15) is 0 Å². The summed E-state index contributed by atoms with van der Waals surface area (Å²) < 4.78 is 0. The Hall–Kier alpha value is -3.45. The van der Waals surface area contributed by atoms with Gasteiger partial charge in [0.25, 0.3) is 5.91 Å². The van der Waals surface area contributed by atoms with E-state index in [1.54, 1.807) is 29.2 Å². The Bertz CT molecular complexity index is 953. The number of amides is 4. The highest BCUT2D eigenvalue weighted by molar-refractivity contribution is 6.22. The number of nitrogens with zero attached hydrogens (tertiary/aromatic N) is 3. The summed E-state index contributed by atoms with van der Waals surface area (Å²) in [6, 6.07) is 17.6. The van der Waals surface area contributed by atoms with Crippen LogP contribution >= 0.6 is 0 Å². The lowest BCUT2D eigenvalue weighted by Crippen LogP contribution is -2.50. The van der Waals surface area contributed by atoms with E-state index in [9.17, 15) is 14.4 Å². The van der Waals surface area contributed by atoms with Crippen LogP contribution in [0.4, 0.5) is 10.5 Å². The highest BCUT2D eigenvalue weighted by atomic mass is 16.2. The monoisotopic (exact) mass is 418 g/mol. The summed E-state index contributed by atoms with van der Waals surface area (Å²) in [4.78, 5) is 42.8. The fourth-order valence-corrected chi connectivity index (χ4v) is 3.88. The second-order valence-corrected chi connectivity index (χ2v) is 7.71. The van der Waals surface area contributed by atoms with Crippen molar-refractivity contribution in [2.45, 2.75) is 12.5 Å². The number of rotatable bonds is 6. The molecule has 0 aliphatic carbocycles. The van der Waals surface area contributed by atoms with Crippen LogP contribution < -0.4 is 10.2 Å². The van der Waals surface area contributed by atoms with Crippen LogP contribution in [0, 0.1) is 0 Å². The normalized spacial score (nSPS) is 19.8. The molecule has 7 heteroatoms. The van der Waals surface area contributed by atoms with E-state index in [2.05, 4.69) is 34.5 Å². The minimum absolute atomic E-state index is 0.0121. The highest BCUT2D eigenvalue weighted by Crippen LogP contribution is 2.20. The van der Waals surface area contributed by atoms with Crippen LogP contribution in [-0.2, 0) is 9.59 Å². The lowest BCUT2D eigenvalue weighted by Gasteiger charge is -2.34. The number of imide groups is 1. The fraction of sp³-hybridized carbons (Fsp3) is 0.292. The average Bonchev–Trinajstić information content (AvgIpc) is 3.08. The molecule has 2 saturated heterocycles. The molecule has 0 unspecified atom stereocenters. The van der Waals surface area contributed by atoms with Crippen LogP contribution in [0.25, 0.3) is 6.08 Å². The highest BCUT2D eigenvalue weighted by Gasteiger charge is 2.40. The number of piperazine rings is 1. The van der Waals surface area contributed by atoms with E-state index in [1.165, 1.54) is 5.56 Å². The van der Waals surface area contributed by atoms with Gasteiger partial charge in [-0.15, -0.1) is 0 Å². The van der Waals surface area contributed by atoms with Gasteiger partial charge in [0.2, 0.25) is 5.91 Å². The first kappa shape index (κ1) is 20.8. The van der Waals surface area contributed by atoms with Gasteiger partial charge in [-0.05, 0) is 17.7 Å². The Kier molecular flexibility index (Phi) is 6.43. The molecule has 0 saturated carbocycles. The maximum absolute atomic E-state index is 12.7. The van der Waals surface area contributed by atoms with Crippen molar-refractivity contribution < 1.29 is 14.4 Å². The maximum atomic E-state index is 12.7. The Morgan fingerprint density at radius 1 is 0.935 bits per heavy atom. The van der Waals surface area contributed by atoms with E-state index < -0.39 is 12.1 Å². The van der Waals surface area contributed by atoms with Gasteiger partial charge in [-0.1, -0.05) is 60.7 Å². The Morgan fingerprint density at radius 3 is 2.26 bits per heavy atom. The van der Waals surface area contributed by atoms with E-state index in [0.29, 0.717) is 18.8 Å². The number of para-hydroxylation sites is 1. The van der Waals surface area contributed by atoms with Gasteiger partial charge in [0.05, 0.1) is 12.1 Å². The quantitative estimate of drug-likeness (QED) is 0.731. The molecule has 2 aliphatic rings. The largest absolute Gasteiger partial charge is 0.340 e. The molecule has 1 N–H and O–H groups in total. The zero-order chi connectivity index (χ0) is 21.6. The molecule has 2 aromatic carbocycles. The van der Waals surface area contributed by atoms with E-state index in [-0.39, 0.29) is 18.2 Å². The number of anilines is 1. The van der Waals surface area contributed by atoms with Gasteiger partial charge < -0.3 is 10.2 Å². The predicted molar refractivity (Wildman–Crippen MR) is 119 cm³/mol. The molecule has 0 bridgehead atoms. The summed E-state index contributed by atoms with van der Waals surface area (Å²) >= 11 is 0. The number of hydrogen-bond donors (Lipinski definition) is 1. The number of hydrogen-bond acceptors (Lipinski definition) is 4. The van der Waals surface area contributed by atoms with Crippen LogP contribution in [0.1, 0.15) is 12.0 Å². The smallest absolute Gasteiger partial charge is 0.329 e. The second kappa shape index (κ2) is 9.57. The van der Waals surface area contributed by atoms with Crippen molar-refractivity contribution in [1.82, 2.24) is 15.1 Å². The molecule has 2 fully saturated rings. The number of nitrogens with one attached hydrogen (secondary N) is 1. The van der Waals surface area contributed by atoms with Crippen LogP contribution in [0.5, 0.6) is 0 Å². The number of carbonyl (C=O) groups is 3. The third-order valence-corrected chi connectivity index (χ3v) is 5.61.